The van der Waals surface area contributed by atoms with Gasteiger partial charge in [0.15, 0.2) is 0 Å². The molecule has 0 fully saturated rings. The lowest BCUT2D eigenvalue weighted by Gasteiger charge is -2.01. The summed E-state index contributed by atoms with van der Waals surface area (Å²) >= 11 is 0. The maximum Gasteiger partial charge on any atom is 0.233 e. The minimum absolute atomic E-state index is 0.0787. The van der Waals surface area contributed by atoms with Gasteiger partial charge < -0.3 is 0 Å². The van der Waals surface area contributed by atoms with Gasteiger partial charge in [-0.3, -0.25) is 9.52 Å². The molecule has 0 aliphatic carbocycles. The Morgan fingerprint density at radius 2 is 2.00 bits per heavy atom. The van der Waals surface area contributed by atoms with Crippen LogP contribution in [0.5, 0.6) is 0 Å². The molecule has 0 aliphatic rings. The molecule has 0 atom stereocenters. The number of amides is 1. The quantitative estimate of drug-likeness (QED) is 0.816. The molecule has 0 spiro atoms. The summed E-state index contributed by atoms with van der Waals surface area (Å²) in [6, 6.07) is 9.41. The first kappa shape index (κ1) is 15.1. The molecule has 112 valence electrons. The Morgan fingerprint density at radius 3 is 2.67 bits per heavy atom. The molecule has 9 heteroatoms. The summed E-state index contributed by atoms with van der Waals surface area (Å²) in [5, 5.41) is 12.0. The SMILES string of the molecule is CS(=O)(=O)NC(=O)CCCn1nnc(-c2ccccc2)n1. The van der Waals surface area contributed by atoms with E-state index in [4.69, 9.17) is 0 Å². The van der Waals surface area contributed by atoms with Crippen LogP contribution in [0.15, 0.2) is 30.3 Å². The first-order valence-electron chi connectivity index (χ1n) is 6.28. The predicted octanol–water partition coefficient (Wildman–Crippen LogP) is 0.196. The van der Waals surface area contributed by atoms with Gasteiger partial charge in [-0.25, -0.2) is 8.42 Å². The smallest absolute Gasteiger partial charge is 0.233 e. The first-order chi connectivity index (χ1) is 9.94. The van der Waals surface area contributed by atoms with E-state index in [9.17, 15) is 13.2 Å². The van der Waals surface area contributed by atoms with Gasteiger partial charge in [-0.2, -0.15) is 4.80 Å². The van der Waals surface area contributed by atoms with Crippen LogP contribution in [0.1, 0.15) is 12.8 Å². The van der Waals surface area contributed by atoms with Crippen molar-refractivity contribution in [2.45, 2.75) is 19.4 Å². The number of aromatic nitrogens is 4. The fourth-order valence-corrected chi connectivity index (χ4v) is 2.20. The van der Waals surface area contributed by atoms with E-state index in [1.807, 2.05) is 35.1 Å². The molecule has 8 nitrogen and oxygen atoms in total. The summed E-state index contributed by atoms with van der Waals surface area (Å²) in [6.45, 7) is 0.386. The van der Waals surface area contributed by atoms with Gasteiger partial charge in [0.1, 0.15) is 0 Å². The average Bonchev–Trinajstić information content (AvgIpc) is 2.86. The first-order valence-corrected chi connectivity index (χ1v) is 8.17. The summed E-state index contributed by atoms with van der Waals surface area (Å²) in [7, 11) is -3.50. The third-order valence-electron chi connectivity index (χ3n) is 2.55. The van der Waals surface area contributed by atoms with Crippen LogP contribution in [-0.4, -0.2) is 40.8 Å². The molecular weight excluding hydrogens is 294 g/mol. The highest BCUT2D eigenvalue weighted by Gasteiger charge is 2.09. The van der Waals surface area contributed by atoms with Crippen LogP contribution >= 0.6 is 0 Å². The van der Waals surface area contributed by atoms with E-state index < -0.39 is 15.9 Å². The zero-order valence-corrected chi connectivity index (χ0v) is 12.2. The van der Waals surface area contributed by atoms with Crippen LogP contribution < -0.4 is 4.72 Å². The van der Waals surface area contributed by atoms with Crippen LogP contribution in [0, 0.1) is 0 Å². The lowest BCUT2D eigenvalue weighted by atomic mass is 10.2. The molecule has 0 unspecified atom stereocenters. The van der Waals surface area contributed by atoms with Crippen molar-refractivity contribution in [3.8, 4) is 11.4 Å². The molecule has 0 bridgehead atoms. The van der Waals surface area contributed by atoms with Crippen molar-refractivity contribution in [1.29, 1.82) is 0 Å². The lowest BCUT2D eigenvalue weighted by molar-refractivity contribution is -0.119. The van der Waals surface area contributed by atoms with Crippen LogP contribution in [0.4, 0.5) is 0 Å². The van der Waals surface area contributed by atoms with Crippen molar-refractivity contribution in [2.24, 2.45) is 0 Å². The fraction of sp³-hybridized carbons (Fsp3) is 0.333. The molecular formula is C12H15N5O3S. The number of carbonyl (C=O) groups excluding carboxylic acids is 1. The zero-order chi connectivity index (χ0) is 15.3. The minimum atomic E-state index is -3.50. The van der Waals surface area contributed by atoms with Crippen molar-refractivity contribution in [1.82, 2.24) is 24.9 Å². The second kappa shape index (κ2) is 6.44. The van der Waals surface area contributed by atoms with Crippen molar-refractivity contribution < 1.29 is 13.2 Å². The molecule has 0 radical (unpaired) electrons. The largest absolute Gasteiger partial charge is 0.274 e. The Hall–Kier alpha value is -2.29. The second-order valence-corrected chi connectivity index (χ2v) is 6.22. The summed E-state index contributed by atoms with van der Waals surface area (Å²) in [4.78, 5) is 12.7. The van der Waals surface area contributed by atoms with Gasteiger partial charge in [0.25, 0.3) is 0 Å². The van der Waals surface area contributed by atoms with Crippen molar-refractivity contribution in [2.75, 3.05) is 6.26 Å². The summed E-state index contributed by atoms with van der Waals surface area (Å²) < 4.78 is 23.6. The van der Waals surface area contributed by atoms with Gasteiger partial charge in [-0.1, -0.05) is 30.3 Å². The van der Waals surface area contributed by atoms with Crippen LogP contribution in [0.3, 0.4) is 0 Å². The van der Waals surface area contributed by atoms with E-state index in [0.29, 0.717) is 18.8 Å². The molecule has 21 heavy (non-hydrogen) atoms. The number of hydrogen-bond acceptors (Lipinski definition) is 6. The highest BCUT2D eigenvalue weighted by Crippen LogP contribution is 2.11. The van der Waals surface area contributed by atoms with Gasteiger partial charge in [-0.05, 0) is 11.6 Å². The highest BCUT2D eigenvalue weighted by molar-refractivity contribution is 7.89. The molecule has 2 aromatic rings. The van der Waals surface area contributed by atoms with E-state index >= 15 is 0 Å². The predicted molar refractivity (Wildman–Crippen MR) is 75.5 cm³/mol. The Bertz CT molecular complexity index is 712. The number of aryl methyl sites for hydroxylation is 1. The van der Waals surface area contributed by atoms with Gasteiger partial charge in [0.05, 0.1) is 12.8 Å². The lowest BCUT2D eigenvalue weighted by Crippen LogP contribution is -2.29. The summed E-state index contributed by atoms with van der Waals surface area (Å²) in [5.74, 6) is -0.0305. The van der Waals surface area contributed by atoms with Crippen LogP contribution in [-0.2, 0) is 21.4 Å². The normalized spacial score (nSPS) is 11.3. The highest BCUT2D eigenvalue weighted by atomic mass is 32.2. The van der Waals surface area contributed by atoms with Crippen molar-refractivity contribution in [3.05, 3.63) is 30.3 Å². The van der Waals surface area contributed by atoms with Crippen molar-refractivity contribution >= 4 is 15.9 Å². The molecule has 0 aliphatic heterocycles. The third-order valence-corrected chi connectivity index (χ3v) is 3.14. The van der Waals surface area contributed by atoms with Gasteiger partial charge in [-0.15, -0.1) is 10.2 Å². The van der Waals surface area contributed by atoms with E-state index in [2.05, 4.69) is 15.4 Å². The number of benzene rings is 1. The molecule has 0 saturated heterocycles. The van der Waals surface area contributed by atoms with Gasteiger partial charge in [0.2, 0.25) is 21.8 Å². The van der Waals surface area contributed by atoms with E-state index in [0.717, 1.165) is 11.8 Å². The summed E-state index contributed by atoms with van der Waals surface area (Å²) in [5.41, 5.74) is 0.860. The van der Waals surface area contributed by atoms with Crippen molar-refractivity contribution in [3.63, 3.8) is 0 Å². The van der Waals surface area contributed by atoms with Gasteiger partial charge in [0, 0.05) is 12.0 Å². The number of carbonyl (C=O) groups is 1. The Balaban J connectivity index is 1.85. The van der Waals surface area contributed by atoms with E-state index in [1.165, 1.54) is 4.80 Å². The molecule has 2 rings (SSSR count). The number of nitrogens with one attached hydrogen (secondary N) is 1. The number of rotatable bonds is 6. The topological polar surface area (TPSA) is 107 Å². The number of nitrogens with zero attached hydrogens (tertiary/aromatic N) is 4. The van der Waals surface area contributed by atoms with Crippen LogP contribution in [0.25, 0.3) is 11.4 Å². The Morgan fingerprint density at radius 1 is 1.29 bits per heavy atom. The molecule has 1 N–H and O–H groups in total. The fourth-order valence-electron chi connectivity index (χ4n) is 1.68. The second-order valence-electron chi connectivity index (χ2n) is 4.48. The third kappa shape index (κ3) is 4.95. The Kier molecular flexibility index (Phi) is 4.63. The van der Waals surface area contributed by atoms with E-state index in [1.54, 1.807) is 0 Å². The molecule has 1 amide bonds. The average molecular weight is 309 g/mol. The molecule has 0 saturated carbocycles. The van der Waals surface area contributed by atoms with E-state index in [-0.39, 0.29) is 6.42 Å². The van der Waals surface area contributed by atoms with Gasteiger partial charge >= 0.3 is 0 Å². The number of hydrogen-bond donors (Lipinski definition) is 1. The maximum absolute atomic E-state index is 11.3. The zero-order valence-electron chi connectivity index (χ0n) is 11.4. The monoisotopic (exact) mass is 309 g/mol. The van der Waals surface area contributed by atoms with Crippen LogP contribution in [0.2, 0.25) is 0 Å². The minimum Gasteiger partial charge on any atom is -0.274 e. The number of tetrazole rings is 1. The molecule has 1 heterocycles. The number of sulfonamides is 1. The summed E-state index contributed by atoms with van der Waals surface area (Å²) in [6.07, 6.45) is 1.44. The standard InChI is InChI=1S/C12H15N5O3S/c1-21(19,20)15-11(18)8-5-9-17-14-12(13-16-17)10-6-3-2-4-7-10/h2-4,6-7H,5,8-9H2,1H3,(H,15,18). The molecule has 1 aromatic carbocycles. The molecule has 1 aromatic heterocycles. The maximum atomic E-state index is 11.3. The Labute approximate surface area is 122 Å².